The van der Waals surface area contributed by atoms with Gasteiger partial charge in [0, 0.05) is 37.7 Å². The van der Waals surface area contributed by atoms with Gasteiger partial charge in [-0.2, -0.15) is 0 Å². The lowest BCUT2D eigenvalue weighted by Gasteiger charge is -2.42. The number of aromatic nitrogens is 1. The van der Waals surface area contributed by atoms with E-state index in [-0.39, 0.29) is 10.8 Å². The molecule has 1 aliphatic heterocycles. The van der Waals surface area contributed by atoms with Gasteiger partial charge in [0.05, 0.1) is 5.69 Å². The largest absolute Gasteiger partial charge is 0.385 e. The van der Waals surface area contributed by atoms with E-state index >= 15 is 0 Å². The molecule has 0 N–H and O–H groups in total. The summed E-state index contributed by atoms with van der Waals surface area (Å²) in [4.78, 5) is 7.55. The van der Waals surface area contributed by atoms with Crippen LogP contribution in [-0.4, -0.2) is 31.8 Å². The number of hydrogen-bond donors (Lipinski definition) is 0. The quantitative estimate of drug-likeness (QED) is 0.475. The number of methoxy groups -OCH3 is 1. The van der Waals surface area contributed by atoms with E-state index in [1.165, 1.54) is 60.3 Å². The number of piperidine rings is 1. The Bertz CT molecular complexity index is 862. The first-order valence-corrected chi connectivity index (χ1v) is 12.5. The van der Waals surface area contributed by atoms with Gasteiger partial charge >= 0.3 is 0 Å². The Balaban J connectivity index is 1.48. The van der Waals surface area contributed by atoms with Crippen molar-refractivity contribution in [2.24, 2.45) is 5.92 Å². The fraction of sp³-hybridized carbons (Fsp3) is 0.654. The molecule has 2 aromatic rings. The predicted molar refractivity (Wildman–Crippen MR) is 129 cm³/mol. The fourth-order valence-corrected chi connectivity index (χ4v) is 6.11. The summed E-state index contributed by atoms with van der Waals surface area (Å²) in [7, 11) is 1.80. The third-order valence-corrected chi connectivity index (χ3v) is 8.39. The van der Waals surface area contributed by atoms with Crippen molar-refractivity contribution in [2.75, 3.05) is 31.7 Å². The number of hydrogen-bond acceptors (Lipinski definition) is 4. The molecule has 0 unspecified atom stereocenters. The van der Waals surface area contributed by atoms with Crippen molar-refractivity contribution >= 4 is 16.5 Å². The third kappa shape index (κ3) is 4.45. The fourth-order valence-electron chi connectivity index (χ4n) is 5.22. The second-order valence-corrected chi connectivity index (χ2v) is 11.4. The highest BCUT2D eigenvalue weighted by Gasteiger charge is 2.37. The lowest BCUT2D eigenvalue weighted by molar-refractivity contribution is 0.183. The van der Waals surface area contributed by atoms with E-state index in [1.807, 2.05) is 0 Å². The van der Waals surface area contributed by atoms with Gasteiger partial charge in [-0.3, -0.25) is 0 Å². The Kier molecular flexibility index (Phi) is 6.28. The van der Waals surface area contributed by atoms with Gasteiger partial charge in [0.2, 0.25) is 0 Å². The average Bonchev–Trinajstić information content (AvgIpc) is 3.22. The lowest BCUT2D eigenvalue weighted by atomic mass is 9.63. The second kappa shape index (κ2) is 8.63. The highest BCUT2D eigenvalue weighted by molar-refractivity contribution is 7.14. The molecule has 164 valence electrons. The first-order valence-electron chi connectivity index (χ1n) is 11.6. The maximum atomic E-state index is 5.21. The van der Waals surface area contributed by atoms with E-state index in [1.54, 1.807) is 18.4 Å². The molecule has 0 atom stereocenters. The molecule has 30 heavy (non-hydrogen) atoms. The van der Waals surface area contributed by atoms with Crippen LogP contribution in [0.4, 0.5) is 5.13 Å². The van der Waals surface area contributed by atoms with E-state index < -0.39 is 0 Å². The van der Waals surface area contributed by atoms with Gasteiger partial charge in [0.1, 0.15) is 0 Å². The Morgan fingerprint density at radius 2 is 1.77 bits per heavy atom. The number of fused-ring (bicyclic) bond motifs is 1. The number of benzene rings is 1. The summed E-state index contributed by atoms with van der Waals surface area (Å²) >= 11 is 1.81. The maximum absolute atomic E-state index is 5.21. The molecule has 1 aromatic carbocycles. The highest BCUT2D eigenvalue weighted by Crippen LogP contribution is 2.47. The number of thiazole rings is 1. The monoisotopic (exact) mass is 426 g/mol. The number of anilines is 1. The van der Waals surface area contributed by atoms with Crippen LogP contribution >= 0.6 is 11.3 Å². The molecule has 0 spiro atoms. The molecule has 3 nitrogen and oxygen atoms in total. The van der Waals surface area contributed by atoms with Crippen LogP contribution in [0.25, 0.3) is 11.3 Å². The van der Waals surface area contributed by atoms with Crippen LogP contribution in [0, 0.1) is 5.92 Å². The van der Waals surface area contributed by atoms with Crippen LogP contribution in [0.1, 0.15) is 77.3 Å². The summed E-state index contributed by atoms with van der Waals surface area (Å²) in [5.74, 6) is 0.849. The van der Waals surface area contributed by atoms with E-state index in [9.17, 15) is 0 Å². The van der Waals surface area contributed by atoms with Gasteiger partial charge in [-0.1, -0.05) is 39.8 Å². The zero-order valence-corrected chi connectivity index (χ0v) is 20.3. The minimum absolute atomic E-state index is 0.240. The molecular weight excluding hydrogens is 388 g/mol. The van der Waals surface area contributed by atoms with Gasteiger partial charge in [-0.05, 0) is 72.5 Å². The van der Waals surface area contributed by atoms with Crippen LogP contribution in [0.15, 0.2) is 23.6 Å². The van der Waals surface area contributed by atoms with Crippen LogP contribution in [0.2, 0.25) is 0 Å². The van der Waals surface area contributed by atoms with Gasteiger partial charge in [0.15, 0.2) is 5.13 Å². The summed E-state index contributed by atoms with van der Waals surface area (Å²) in [5.41, 5.74) is 5.96. The second-order valence-electron chi connectivity index (χ2n) is 10.6. The normalized spacial score (nSPS) is 20.9. The van der Waals surface area contributed by atoms with Crippen LogP contribution in [0.3, 0.4) is 0 Å². The minimum Gasteiger partial charge on any atom is -0.385 e. The van der Waals surface area contributed by atoms with E-state index in [2.05, 4.69) is 56.2 Å². The summed E-state index contributed by atoms with van der Waals surface area (Å²) in [5, 5.41) is 3.44. The van der Waals surface area contributed by atoms with Crippen molar-refractivity contribution in [2.45, 2.75) is 77.0 Å². The predicted octanol–water partition coefficient (Wildman–Crippen LogP) is 6.80. The molecule has 1 fully saturated rings. The van der Waals surface area contributed by atoms with Gasteiger partial charge in [0.25, 0.3) is 0 Å². The molecule has 1 saturated heterocycles. The summed E-state index contributed by atoms with van der Waals surface area (Å²) < 4.78 is 5.21. The number of rotatable bonds is 6. The number of ether oxygens (including phenoxy) is 1. The molecule has 1 aliphatic carbocycles. The summed E-state index contributed by atoms with van der Waals surface area (Å²) in [6.45, 7) is 12.7. The van der Waals surface area contributed by atoms with Crippen molar-refractivity contribution in [3.05, 3.63) is 34.7 Å². The molecule has 1 aromatic heterocycles. The van der Waals surface area contributed by atoms with Crippen molar-refractivity contribution in [3.8, 4) is 11.3 Å². The molecular formula is C26H38N2OS. The molecule has 2 aliphatic rings. The molecule has 0 saturated carbocycles. The lowest BCUT2D eigenvalue weighted by Crippen LogP contribution is -2.33. The highest BCUT2D eigenvalue weighted by atomic mass is 32.1. The third-order valence-electron chi connectivity index (χ3n) is 7.49. The van der Waals surface area contributed by atoms with Crippen molar-refractivity contribution in [1.82, 2.24) is 4.98 Å². The maximum Gasteiger partial charge on any atom is 0.185 e. The zero-order chi connectivity index (χ0) is 21.4. The van der Waals surface area contributed by atoms with Gasteiger partial charge < -0.3 is 9.64 Å². The van der Waals surface area contributed by atoms with Crippen molar-refractivity contribution in [1.29, 1.82) is 0 Å². The van der Waals surface area contributed by atoms with Gasteiger partial charge in [-0.25, -0.2) is 4.98 Å². The minimum atomic E-state index is 0.240. The topological polar surface area (TPSA) is 25.4 Å². The zero-order valence-electron chi connectivity index (χ0n) is 19.5. The Hall–Kier alpha value is -1.39. The smallest absolute Gasteiger partial charge is 0.185 e. The standard InChI is InChI=1S/C26H38N2OS/c1-25(2)12-13-26(3,4)22-17-20(8-9-21(22)25)23-18-30-24(27-23)28-14-10-19(11-15-28)7-6-16-29-5/h8-9,17-19H,6-7,10-16H2,1-5H3. The molecule has 4 rings (SSSR count). The van der Waals surface area contributed by atoms with E-state index in [0.717, 1.165) is 31.3 Å². The Morgan fingerprint density at radius 1 is 1.07 bits per heavy atom. The molecule has 4 heteroatoms. The van der Waals surface area contributed by atoms with E-state index in [0.29, 0.717) is 0 Å². The van der Waals surface area contributed by atoms with Crippen LogP contribution in [0.5, 0.6) is 0 Å². The van der Waals surface area contributed by atoms with Crippen molar-refractivity contribution < 1.29 is 4.74 Å². The molecule has 0 bridgehead atoms. The average molecular weight is 427 g/mol. The molecule has 0 radical (unpaired) electrons. The van der Waals surface area contributed by atoms with Gasteiger partial charge in [-0.15, -0.1) is 11.3 Å². The molecule has 0 amide bonds. The Morgan fingerprint density at radius 3 is 2.47 bits per heavy atom. The van der Waals surface area contributed by atoms with Crippen LogP contribution < -0.4 is 4.90 Å². The first kappa shape index (κ1) is 21.8. The SMILES string of the molecule is COCCCC1CCN(c2nc(-c3ccc4c(c3)C(C)(C)CCC4(C)C)cs2)CC1. The molecule has 2 heterocycles. The van der Waals surface area contributed by atoms with Crippen LogP contribution in [-0.2, 0) is 15.6 Å². The first-order chi connectivity index (χ1) is 14.3. The summed E-state index contributed by atoms with van der Waals surface area (Å²) in [6.07, 6.45) is 7.55. The number of nitrogens with zero attached hydrogens (tertiary/aromatic N) is 2. The Labute approximate surface area is 186 Å². The van der Waals surface area contributed by atoms with Crippen molar-refractivity contribution in [3.63, 3.8) is 0 Å². The summed E-state index contributed by atoms with van der Waals surface area (Å²) in [6, 6.07) is 7.09. The van der Waals surface area contributed by atoms with E-state index in [4.69, 9.17) is 9.72 Å².